The van der Waals surface area contributed by atoms with Crippen LogP contribution < -0.4 is 15.4 Å². The molecule has 3 aliphatic rings. The normalized spacial score (nSPS) is 23.3. The van der Waals surface area contributed by atoms with Crippen LogP contribution in [0.3, 0.4) is 0 Å². The summed E-state index contributed by atoms with van der Waals surface area (Å²) in [6, 6.07) is 8.60. The van der Waals surface area contributed by atoms with Crippen LogP contribution in [0.25, 0.3) is 6.08 Å². The van der Waals surface area contributed by atoms with E-state index in [1.165, 1.54) is 29.2 Å². The van der Waals surface area contributed by atoms with E-state index in [-0.39, 0.29) is 55.6 Å². The molecule has 2 aromatic rings. The molecular formula is C25H22F2N4O5. The average molecular weight is 496 g/mol. The number of benzene rings is 2. The van der Waals surface area contributed by atoms with Crippen LogP contribution in [-0.2, 0) is 19.9 Å². The Bertz CT molecular complexity index is 1270. The summed E-state index contributed by atoms with van der Waals surface area (Å²) in [5.74, 6) is -2.14. The van der Waals surface area contributed by atoms with Gasteiger partial charge >= 0.3 is 6.03 Å². The highest BCUT2D eigenvalue weighted by atomic mass is 19.1. The maximum Gasteiger partial charge on any atom is 0.322 e. The summed E-state index contributed by atoms with van der Waals surface area (Å²) in [7, 11) is 0. The molecule has 0 aromatic heterocycles. The lowest BCUT2D eigenvalue weighted by atomic mass is 9.81. The van der Waals surface area contributed by atoms with Gasteiger partial charge in [0.2, 0.25) is 5.91 Å². The maximum atomic E-state index is 13.9. The smallest absolute Gasteiger partial charge is 0.322 e. The minimum absolute atomic E-state index is 0.137. The fourth-order valence-corrected chi connectivity index (χ4v) is 4.68. The Morgan fingerprint density at radius 1 is 0.972 bits per heavy atom. The van der Waals surface area contributed by atoms with Crippen molar-refractivity contribution in [3.63, 3.8) is 0 Å². The van der Waals surface area contributed by atoms with Gasteiger partial charge < -0.3 is 19.9 Å². The van der Waals surface area contributed by atoms with Gasteiger partial charge in [-0.15, -0.1) is 0 Å². The number of piperazine rings is 1. The summed E-state index contributed by atoms with van der Waals surface area (Å²) in [6.07, 6.45) is 1.71. The van der Waals surface area contributed by atoms with Crippen molar-refractivity contribution in [2.45, 2.75) is 18.1 Å². The number of imide groups is 1. The first kappa shape index (κ1) is 23.5. The van der Waals surface area contributed by atoms with Gasteiger partial charge in [0.05, 0.1) is 0 Å². The Hall–Kier alpha value is -4.28. The number of halogens is 2. The highest BCUT2D eigenvalue weighted by Gasteiger charge is 2.55. The van der Waals surface area contributed by atoms with Crippen molar-refractivity contribution in [3.05, 3.63) is 71.3 Å². The number of urea groups is 1. The molecule has 2 saturated heterocycles. The molecule has 2 atom stereocenters. The largest absolute Gasteiger partial charge is 0.480 e. The fourth-order valence-electron chi connectivity index (χ4n) is 4.68. The second-order valence-corrected chi connectivity index (χ2v) is 8.80. The Morgan fingerprint density at radius 2 is 1.64 bits per heavy atom. The number of rotatable bonds is 3. The quantitative estimate of drug-likeness (QED) is 0.495. The maximum absolute atomic E-state index is 13.9. The van der Waals surface area contributed by atoms with Crippen molar-refractivity contribution < 1.29 is 32.7 Å². The molecule has 1 spiro atoms. The van der Waals surface area contributed by atoms with Gasteiger partial charge in [-0.2, -0.15) is 0 Å². The van der Waals surface area contributed by atoms with Crippen LogP contribution in [0.4, 0.5) is 13.6 Å². The lowest BCUT2D eigenvalue weighted by Crippen LogP contribution is -2.57. The van der Waals surface area contributed by atoms with Crippen LogP contribution >= 0.6 is 0 Å². The lowest BCUT2D eigenvalue weighted by molar-refractivity contribution is -0.145. The Balaban J connectivity index is 1.26. The van der Waals surface area contributed by atoms with Crippen molar-refractivity contribution in [3.8, 4) is 5.75 Å². The molecule has 2 N–H and O–H groups in total. The minimum atomic E-state index is -1.62. The van der Waals surface area contributed by atoms with E-state index in [4.69, 9.17) is 4.74 Å². The first-order valence-corrected chi connectivity index (χ1v) is 11.4. The molecule has 0 aliphatic carbocycles. The number of nitrogens with one attached hydrogen (secondary N) is 2. The molecule has 186 valence electrons. The van der Waals surface area contributed by atoms with E-state index < -0.39 is 35.3 Å². The van der Waals surface area contributed by atoms with Crippen LogP contribution in [0, 0.1) is 11.6 Å². The second-order valence-electron chi connectivity index (χ2n) is 8.80. The number of amides is 5. The first-order valence-electron chi connectivity index (χ1n) is 11.4. The Morgan fingerprint density at radius 3 is 2.31 bits per heavy atom. The molecule has 3 aliphatic heterocycles. The van der Waals surface area contributed by atoms with Gasteiger partial charge in [-0.05, 0) is 42.0 Å². The first-order chi connectivity index (χ1) is 17.2. The minimum Gasteiger partial charge on any atom is -0.480 e. The van der Waals surface area contributed by atoms with Gasteiger partial charge in [0, 0.05) is 44.2 Å². The number of hydrogen-bond acceptors (Lipinski definition) is 5. The summed E-state index contributed by atoms with van der Waals surface area (Å²) in [6.45, 7) is 1.07. The summed E-state index contributed by atoms with van der Waals surface area (Å²) in [4.78, 5) is 53.6. The third-order valence-electron chi connectivity index (χ3n) is 6.57. The summed E-state index contributed by atoms with van der Waals surface area (Å²) in [5, 5.41) is 4.70. The van der Waals surface area contributed by atoms with Crippen LogP contribution in [0.1, 0.15) is 17.5 Å². The van der Waals surface area contributed by atoms with Crippen molar-refractivity contribution in [2.24, 2.45) is 0 Å². The van der Waals surface area contributed by atoms with Crippen molar-refractivity contribution in [1.82, 2.24) is 20.4 Å². The van der Waals surface area contributed by atoms with Gasteiger partial charge in [0.25, 0.3) is 11.8 Å². The van der Waals surface area contributed by atoms with Crippen molar-refractivity contribution in [2.75, 3.05) is 26.2 Å². The van der Waals surface area contributed by atoms with Crippen molar-refractivity contribution in [1.29, 1.82) is 0 Å². The van der Waals surface area contributed by atoms with Crippen LogP contribution in [0.2, 0.25) is 0 Å². The highest BCUT2D eigenvalue weighted by molar-refractivity contribution is 6.08. The van der Waals surface area contributed by atoms with E-state index in [0.29, 0.717) is 5.56 Å². The highest BCUT2D eigenvalue weighted by Crippen LogP contribution is 2.42. The monoisotopic (exact) mass is 496 g/mol. The van der Waals surface area contributed by atoms with E-state index in [1.807, 2.05) is 0 Å². The number of hydrogen-bond donors (Lipinski definition) is 2. The van der Waals surface area contributed by atoms with E-state index in [2.05, 4.69) is 10.6 Å². The molecule has 3 heterocycles. The number of carbonyl (C=O) groups is 4. The molecular weight excluding hydrogens is 474 g/mol. The SMILES string of the molecule is O=C1NC(=O)[C@]2(C[C@H](C(=O)N3CCN(C(=O)C=Cc4ccc(F)cc4)CC3)Oc3ccc(F)cc32)N1. The topological polar surface area (TPSA) is 108 Å². The predicted molar refractivity (Wildman–Crippen MR) is 122 cm³/mol. The third kappa shape index (κ3) is 4.28. The van der Waals surface area contributed by atoms with E-state index >= 15 is 0 Å². The summed E-state index contributed by atoms with van der Waals surface area (Å²) < 4.78 is 32.8. The van der Waals surface area contributed by atoms with Gasteiger partial charge in [-0.25, -0.2) is 13.6 Å². The van der Waals surface area contributed by atoms with Crippen LogP contribution in [0.5, 0.6) is 5.75 Å². The van der Waals surface area contributed by atoms with Crippen LogP contribution in [-0.4, -0.2) is 65.8 Å². The Labute approximate surface area is 204 Å². The molecule has 0 unspecified atom stereocenters. The third-order valence-corrected chi connectivity index (χ3v) is 6.57. The number of carbonyl (C=O) groups excluding carboxylic acids is 4. The van der Waals surface area contributed by atoms with Crippen molar-refractivity contribution >= 4 is 29.8 Å². The average Bonchev–Trinajstić information content (AvgIpc) is 3.16. The molecule has 5 rings (SSSR count). The van der Waals surface area contributed by atoms with E-state index in [1.54, 1.807) is 23.1 Å². The molecule has 0 bridgehead atoms. The van der Waals surface area contributed by atoms with E-state index in [0.717, 1.165) is 12.1 Å². The van der Waals surface area contributed by atoms with E-state index in [9.17, 15) is 28.0 Å². The zero-order valence-electron chi connectivity index (χ0n) is 19.0. The predicted octanol–water partition coefficient (Wildman–Crippen LogP) is 1.53. The molecule has 36 heavy (non-hydrogen) atoms. The van der Waals surface area contributed by atoms with Gasteiger partial charge in [-0.3, -0.25) is 19.7 Å². The van der Waals surface area contributed by atoms with Gasteiger partial charge in [0.15, 0.2) is 11.6 Å². The number of fused-ring (bicyclic) bond motifs is 2. The molecule has 5 amide bonds. The lowest BCUT2D eigenvalue weighted by Gasteiger charge is -2.40. The van der Waals surface area contributed by atoms with Gasteiger partial charge in [0.1, 0.15) is 17.4 Å². The fraction of sp³-hybridized carbons (Fsp3) is 0.280. The second kappa shape index (κ2) is 9.06. The molecule has 2 aromatic carbocycles. The Kier molecular flexibility index (Phi) is 5.91. The zero-order valence-corrected chi connectivity index (χ0v) is 19.0. The van der Waals surface area contributed by atoms with Crippen LogP contribution in [0.15, 0.2) is 48.5 Å². The standard InChI is InChI=1S/C25H22F2N4O5/c26-16-4-1-15(2-5-16)3-8-21(32)30-9-11-31(12-10-30)22(33)20-14-25(23(34)28-24(35)29-25)18-13-17(27)6-7-19(18)36-20/h1-8,13,20H,9-12,14H2,(H2,28,29,34,35)/t20-,25-/m1/s1. The summed E-state index contributed by atoms with van der Waals surface area (Å²) >= 11 is 0. The number of nitrogens with zero attached hydrogens (tertiary/aromatic N) is 2. The zero-order chi connectivity index (χ0) is 25.4. The molecule has 11 heteroatoms. The molecule has 0 radical (unpaired) electrons. The molecule has 9 nitrogen and oxygen atoms in total. The van der Waals surface area contributed by atoms with Gasteiger partial charge in [-0.1, -0.05) is 12.1 Å². The summed E-state index contributed by atoms with van der Waals surface area (Å²) in [5.41, 5.74) is -0.779. The molecule has 0 saturated carbocycles. The molecule has 2 fully saturated rings. The number of ether oxygens (including phenoxy) is 1.